The fraction of sp³-hybridized carbons (Fsp3) is 0.600. The molecule has 1 rings (SSSR count). The number of sulfonamides is 1. The van der Waals surface area contributed by atoms with Crippen LogP contribution in [-0.4, -0.2) is 43.8 Å². The van der Waals surface area contributed by atoms with Crippen LogP contribution in [0.25, 0.3) is 0 Å². The number of ether oxygens (including phenoxy) is 1. The number of H-pyrrole nitrogens is 1. The summed E-state index contributed by atoms with van der Waals surface area (Å²) in [6.07, 6.45) is 0.0597. The van der Waals surface area contributed by atoms with Gasteiger partial charge in [-0.2, -0.15) is 5.10 Å². The van der Waals surface area contributed by atoms with Crippen molar-refractivity contribution in [3.05, 3.63) is 11.4 Å². The van der Waals surface area contributed by atoms with Crippen LogP contribution in [0.15, 0.2) is 4.90 Å². The fourth-order valence-electron chi connectivity index (χ4n) is 1.46. The molecule has 0 aliphatic heterocycles. The number of carbonyl (C=O) groups is 1. The lowest BCUT2D eigenvalue weighted by atomic mass is 10.3. The second-order valence-electron chi connectivity index (χ2n) is 4.25. The lowest BCUT2D eigenvalue weighted by molar-refractivity contribution is 0.0743. The van der Waals surface area contributed by atoms with Gasteiger partial charge in [-0.25, -0.2) is 13.6 Å². The van der Waals surface area contributed by atoms with E-state index >= 15 is 0 Å². The Kier molecular flexibility index (Phi) is 5.04. The Bertz CT molecular complexity index is 550. The highest BCUT2D eigenvalue weighted by Gasteiger charge is 2.25. The Morgan fingerprint density at radius 2 is 2.16 bits per heavy atom. The summed E-state index contributed by atoms with van der Waals surface area (Å²) in [4.78, 5) is 11.5. The van der Waals surface area contributed by atoms with Gasteiger partial charge in [0, 0.05) is 6.54 Å². The maximum Gasteiger partial charge on any atom is 0.273 e. The molecule has 8 nitrogen and oxygen atoms in total. The van der Waals surface area contributed by atoms with Crippen molar-refractivity contribution >= 4 is 15.9 Å². The highest BCUT2D eigenvalue weighted by molar-refractivity contribution is 7.89. The van der Waals surface area contributed by atoms with E-state index in [9.17, 15) is 13.2 Å². The molecule has 0 radical (unpaired) electrons. The standard InChI is InChI=1S/C10H18N4O4S/c1-6(2)18-5-4-12-10(15)8-9(19(11,16)17)7(3)13-14-8/h6H,4-5H2,1-3H3,(H,12,15)(H,13,14)(H2,11,16,17). The predicted octanol–water partition coefficient (Wildman–Crippen LogP) is -0.480. The van der Waals surface area contributed by atoms with Crippen LogP contribution in [0.4, 0.5) is 0 Å². The number of hydrogen-bond acceptors (Lipinski definition) is 5. The predicted molar refractivity (Wildman–Crippen MR) is 68.1 cm³/mol. The Morgan fingerprint density at radius 1 is 1.53 bits per heavy atom. The molecule has 19 heavy (non-hydrogen) atoms. The van der Waals surface area contributed by atoms with Crippen LogP contribution in [0.5, 0.6) is 0 Å². The molecule has 4 N–H and O–H groups in total. The van der Waals surface area contributed by atoms with Gasteiger partial charge in [-0.15, -0.1) is 0 Å². The van der Waals surface area contributed by atoms with Crippen LogP contribution in [0.2, 0.25) is 0 Å². The molecule has 1 heterocycles. The molecule has 0 aromatic carbocycles. The summed E-state index contributed by atoms with van der Waals surface area (Å²) in [6, 6.07) is 0. The maximum absolute atomic E-state index is 11.8. The minimum Gasteiger partial charge on any atom is -0.377 e. The zero-order valence-electron chi connectivity index (χ0n) is 11.1. The first-order valence-corrected chi connectivity index (χ1v) is 7.25. The van der Waals surface area contributed by atoms with Crippen molar-refractivity contribution in [3.63, 3.8) is 0 Å². The third-order valence-electron chi connectivity index (χ3n) is 2.23. The van der Waals surface area contributed by atoms with E-state index in [1.165, 1.54) is 6.92 Å². The van der Waals surface area contributed by atoms with E-state index in [0.717, 1.165) is 0 Å². The van der Waals surface area contributed by atoms with Crippen LogP contribution >= 0.6 is 0 Å². The summed E-state index contributed by atoms with van der Waals surface area (Å²) in [5.74, 6) is -0.610. The number of carbonyl (C=O) groups excluding carboxylic acids is 1. The number of primary sulfonamides is 1. The van der Waals surface area contributed by atoms with Gasteiger partial charge in [0.05, 0.1) is 18.4 Å². The molecule has 0 bridgehead atoms. The number of amides is 1. The van der Waals surface area contributed by atoms with Gasteiger partial charge in [0.2, 0.25) is 10.0 Å². The monoisotopic (exact) mass is 290 g/mol. The topological polar surface area (TPSA) is 127 Å². The third kappa shape index (κ3) is 4.30. The van der Waals surface area contributed by atoms with Crippen LogP contribution in [0.3, 0.4) is 0 Å². The van der Waals surface area contributed by atoms with E-state index in [0.29, 0.717) is 6.61 Å². The SMILES string of the molecule is Cc1[nH]nc(C(=O)NCCOC(C)C)c1S(N)(=O)=O. The highest BCUT2D eigenvalue weighted by atomic mass is 32.2. The largest absolute Gasteiger partial charge is 0.377 e. The summed E-state index contributed by atoms with van der Waals surface area (Å²) in [7, 11) is -4.00. The first kappa shape index (κ1) is 15.6. The second kappa shape index (κ2) is 6.13. The smallest absolute Gasteiger partial charge is 0.273 e. The average Bonchev–Trinajstić information content (AvgIpc) is 2.65. The van der Waals surface area contributed by atoms with E-state index in [2.05, 4.69) is 15.5 Å². The van der Waals surface area contributed by atoms with Crippen LogP contribution < -0.4 is 10.5 Å². The minimum absolute atomic E-state index is 0.0597. The molecular formula is C10H18N4O4S. The van der Waals surface area contributed by atoms with E-state index in [-0.39, 0.29) is 28.9 Å². The number of aromatic nitrogens is 2. The number of nitrogens with zero attached hydrogens (tertiary/aromatic N) is 1. The van der Waals surface area contributed by atoms with Crippen LogP contribution in [-0.2, 0) is 14.8 Å². The number of rotatable bonds is 6. The van der Waals surface area contributed by atoms with Gasteiger partial charge in [-0.1, -0.05) is 0 Å². The molecule has 0 spiro atoms. The normalized spacial score (nSPS) is 11.8. The van der Waals surface area contributed by atoms with Crippen molar-refractivity contribution in [2.24, 2.45) is 5.14 Å². The van der Waals surface area contributed by atoms with Gasteiger partial charge in [0.25, 0.3) is 5.91 Å². The summed E-state index contributed by atoms with van der Waals surface area (Å²) >= 11 is 0. The van der Waals surface area contributed by atoms with Gasteiger partial charge in [-0.05, 0) is 20.8 Å². The Labute approximate surface area is 111 Å². The number of nitrogens with two attached hydrogens (primary N) is 1. The molecule has 0 fully saturated rings. The van der Waals surface area contributed by atoms with Gasteiger partial charge in [0.15, 0.2) is 5.69 Å². The van der Waals surface area contributed by atoms with E-state index in [1.54, 1.807) is 0 Å². The second-order valence-corrected chi connectivity index (χ2v) is 5.75. The highest BCUT2D eigenvalue weighted by Crippen LogP contribution is 2.15. The summed E-state index contributed by atoms with van der Waals surface area (Å²) in [5.41, 5.74) is -0.00405. The molecule has 0 saturated carbocycles. The van der Waals surface area contributed by atoms with Crippen molar-refractivity contribution in [1.29, 1.82) is 0 Å². The molecular weight excluding hydrogens is 272 g/mol. The van der Waals surface area contributed by atoms with Gasteiger partial charge < -0.3 is 10.1 Å². The lowest BCUT2D eigenvalue weighted by Crippen LogP contribution is -2.30. The first-order chi connectivity index (χ1) is 8.73. The van der Waals surface area contributed by atoms with Crippen molar-refractivity contribution in [3.8, 4) is 0 Å². The van der Waals surface area contributed by atoms with Crippen LogP contribution in [0, 0.1) is 6.92 Å². The van der Waals surface area contributed by atoms with E-state index in [4.69, 9.17) is 9.88 Å². The quantitative estimate of drug-likeness (QED) is 0.610. The molecule has 0 aliphatic rings. The Balaban J connectivity index is 2.74. The number of aryl methyl sites for hydroxylation is 1. The maximum atomic E-state index is 11.8. The van der Waals surface area contributed by atoms with Gasteiger partial charge in [0.1, 0.15) is 4.90 Å². The number of aromatic amines is 1. The molecule has 108 valence electrons. The molecule has 1 aromatic rings. The number of nitrogens with one attached hydrogen (secondary N) is 2. The third-order valence-corrected chi connectivity index (χ3v) is 3.30. The van der Waals surface area contributed by atoms with Crippen molar-refractivity contribution in [2.75, 3.05) is 13.2 Å². The van der Waals surface area contributed by atoms with Crippen molar-refractivity contribution in [1.82, 2.24) is 15.5 Å². The zero-order valence-corrected chi connectivity index (χ0v) is 11.9. The minimum atomic E-state index is -4.00. The van der Waals surface area contributed by atoms with Crippen molar-refractivity contribution < 1.29 is 17.9 Å². The molecule has 1 aromatic heterocycles. The summed E-state index contributed by atoms with van der Waals surface area (Å²) in [5, 5.41) is 13.6. The zero-order chi connectivity index (χ0) is 14.6. The summed E-state index contributed by atoms with van der Waals surface area (Å²) in [6.45, 7) is 5.81. The molecule has 0 aliphatic carbocycles. The van der Waals surface area contributed by atoms with Gasteiger partial charge in [-0.3, -0.25) is 9.89 Å². The molecule has 0 unspecified atom stereocenters. The van der Waals surface area contributed by atoms with Crippen LogP contribution in [0.1, 0.15) is 30.0 Å². The van der Waals surface area contributed by atoms with Gasteiger partial charge >= 0.3 is 0 Å². The Morgan fingerprint density at radius 3 is 2.68 bits per heavy atom. The lowest BCUT2D eigenvalue weighted by Gasteiger charge is -2.08. The van der Waals surface area contributed by atoms with E-state index < -0.39 is 15.9 Å². The van der Waals surface area contributed by atoms with Crippen molar-refractivity contribution in [2.45, 2.75) is 31.8 Å². The number of hydrogen-bond donors (Lipinski definition) is 3. The molecule has 9 heteroatoms. The van der Waals surface area contributed by atoms with E-state index in [1.807, 2.05) is 13.8 Å². The average molecular weight is 290 g/mol. The molecule has 1 amide bonds. The molecule has 0 saturated heterocycles. The Hall–Kier alpha value is -1.45. The first-order valence-electron chi connectivity index (χ1n) is 5.71. The molecule has 0 atom stereocenters. The summed E-state index contributed by atoms with van der Waals surface area (Å²) < 4.78 is 28.0. The fourth-order valence-corrected chi connectivity index (χ4v) is 2.34.